The minimum atomic E-state index is -3.94. The highest BCUT2D eigenvalue weighted by atomic mass is 32.2. The van der Waals surface area contributed by atoms with E-state index in [1.165, 1.54) is 5.38 Å². The number of nitrogens with zero attached hydrogens (tertiary/aromatic N) is 3. The number of hydrogen-bond donors (Lipinski definition) is 5. The van der Waals surface area contributed by atoms with Crippen molar-refractivity contribution in [2.75, 3.05) is 23.0 Å². The Bertz CT molecular complexity index is 1190. The van der Waals surface area contributed by atoms with Crippen LogP contribution in [0, 0.1) is 0 Å². The van der Waals surface area contributed by atoms with Crippen molar-refractivity contribution in [3.63, 3.8) is 0 Å². The van der Waals surface area contributed by atoms with Crippen molar-refractivity contribution < 1.29 is 43.0 Å². The second kappa shape index (κ2) is 9.36. The van der Waals surface area contributed by atoms with Crippen molar-refractivity contribution >= 4 is 67.5 Å². The molecule has 178 valence electrons. The Labute approximate surface area is 194 Å². The molecule has 2 atom stereocenters. The van der Waals surface area contributed by atoms with E-state index in [1.807, 2.05) is 0 Å². The van der Waals surface area contributed by atoms with Crippen LogP contribution in [0.1, 0.15) is 12.1 Å². The van der Waals surface area contributed by atoms with Crippen LogP contribution in [0.5, 0.6) is 0 Å². The quantitative estimate of drug-likeness (QED) is 0.109. The average molecular weight is 520 g/mol. The number of sulfone groups is 1. The Morgan fingerprint density at radius 1 is 1.33 bits per heavy atom. The minimum Gasteiger partial charge on any atom is -0.481 e. The third-order valence-corrected chi connectivity index (χ3v) is 8.27. The van der Waals surface area contributed by atoms with Gasteiger partial charge >= 0.3 is 11.9 Å². The number of thiazole rings is 1. The first-order valence-electron chi connectivity index (χ1n) is 9.01. The number of hydrogen-bond acceptors (Lipinski definition) is 12. The molecule has 14 nitrogen and oxygen atoms in total. The number of aliphatic carboxylic acids is 2. The number of carbonyl (C=O) groups is 4. The van der Waals surface area contributed by atoms with Gasteiger partial charge in [-0.1, -0.05) is 5.16 Å². The number of fused-ring (bicyclic) bond motifs is 1. The van der Waals surface area contributed by atoms with E-state index in [1.54, 1.807) is 0 Å². The van der Waals surface area contributed by atoms with Crippen LogP contribution in [0.15, 0.2) is 21.8 Å². The predicted molar refractivity (Wildman–Crippen MR) is 115 cm³/mol. The SMILES string of the molecule is Nc1nc(/C(=N/O)C(=O)NC2C(=O)N3C(C(=O)O)=C(CS(=O)(=O)CCC(=O)O)CS[C@H]23)cs1. The number of nitrogen functional groups attached to an aromatic ring is 1. The van der Waals surface area contributed by atoms with Crippen LogP contribution in [0.4, 0.5) is 5.13 Å². The number of β-lactam (4-membered cyclic amide) rings is 1. The number of nitrogens with two attached hydrogens (primary N) is 1. The number of oxime groups is 1. The van der Waals surface area contributed by atoms with Crippen LogP contribution in [-0.2, 0) is 29.0 Å². The summed E-state index contributed by atoms with van der Waals surface area (Å²) in [4.78, 5) is 52.3. The summed E-state index contributed by atoms with van der Waals surface area (Å²) in [5.41, 5.74) is 4.42. The molecule has 6 N–H and O–H groups in total. The number of aromatic nitrogens is 1. The van der Waals surface area contributed by atoms with E-state index in [2.05, 4.69) is 15.5 Å². The Hall–Kier alpha value is -3.18. The maximum Gasteiger partial charge on any atom is 0.352 e. The van der Waals surface area contributed by atoms with E-state index in [0.717, 1.165) is 28.0 Å². The van der Waals surface area contributed by atoms with Crippen LogP contribution in [-0.4, -0.2) is 91.9 Å². The summed E-state index contributed by atoms with van der Waals surface area (Å²) in [6.45, 7) is 0. The van der Waals surface area contributed by atoms with Crippen LogP contribution in [0.3, 0.4) is 0 Å². The molecule has 17 heteroatoms. The molecular weight excluding hydrogens is 502 g/mol. The molecule has 1 fully saturated rings. The first-order chi connectivity index (χ1) is 15.4. The lowest BCUT2D eigenvalue weighted by atomic mass is 10.0. The summed E-state index contributed by atoms with van der Waals surface area (Å²) in [6, 6.07) is -1.16. The Kier molecular flexibility index (Phi) is 6.94. The van der Waals surface area contributed by atoms with E-state index in [0.29, 0.717) is 0 Å². The lowest BCUT2D eigenvalue weighted by Gasteiger charge is -2.49. The molecule has 0 aliphatic carbocycles. The van der Waals surface area contributed by atoms with Crippen LogP contribution < -0.4 is 11.1 Å². The minimum absolute atomic E-state index is 0.0163. The van der Waals surface area contributed by atoms with Crippen molar-refractivity contribution in [1.29, 1.82) is 0 Å². The fraction of sp³-hybridized carbons (Fsp3) is 0.375. The van der Waals surface area contributed by atoms with E-state index in [4.69, 9.17) is 16.0 Å². The van der Waals surface area contributed by atoms with Gasteiger partial charge in [0.05, 0.1) is 17.9 Å². The number of carboxylic acid groups (broad SMARTS) is 2. The van der Waals surface area contributed by atoms with Gasteiger partial charge in [-0.2, -0.15) is 0 Å². The highest BCUT2D eigenvalue weighted by Gasteiger charge is 2.54. The Morgan fingerprint density at radius 3 is 2.58 bits per heavy atom. The Balaban J connectivity index is 1.77. The van der Waals surface area contributed by atoms with Gasteiger partial charge in [0.25, 0.3) is 11.8 Å². The number of thioether (sulfide) groups is 1. The van der Waals surface area contributed by atoms with Gasteiger partial charge in [-0.15, -0.1) is 23.1 Å². The second-order valence-corrected chi connectivity index (χ2v) is 11.1. The molecule has 33 heavy (non-hydrogen) atoms. The molecule has 2 aliphatic rings. The van der Waals surface area contributed by atoms with Crippen molar-refractivity contribution in [3.8, 4) is 0 Å². The zero-order valence-electron chi connectivity index (χ0n) is 16.5. The summed E-state index contributed by atoms with van der Waals surface area (Å²) in [6.07, 6.45) is -0.635. The van der Waals surface area contributed by atoms with Crippen molar-refractivity contribution in [2.45, 2.75) is 17.8 Å². The number of amides is 2. The van der Waals surface area contributed by atoms with Gasteiger partial charge in [-0.3, -0.25) is 19.3 Å². The summed E-state index contributed by atoms with van der Waals surface area (Å²) >= 11 is 2.03. The zero-order chi connectivity index (χ0) is 24.5. The largest absolute Gasteiger partial charge is 0.481 e. The van der Waals surface area contributed by atoms with E-state index < -0.39 is 74.3 Å². The highest BCUT2D eigenvalue weighted by Crippen LogP contribution is 2.40. The maximum absolute atomic E-state index is 12.7. The third kappa shape index (κ3) is 5.09. The van der Waals surface area contributed by atoms with Crippen molar-refractivity contribution in [2.24, 2.45) is 5.16 Å². The van der Waals surface area contributed by atoms with Gasteiger partial charge in [-0.05, 0) is 5.57 Å². The predicted octanol–water partition coefficient (Wildman–Crippen LogP) is -1.47. The summed E-state index contributed by atoms with van der Waals surface area (Å²) < 4.78 is 24.4. The Morgan fingerprint density at radius 2 is 2.03 bits per heavy atom. The standard InChI is InChI=1S/C16H17N5O9S3/c17-16-18-7(4-32-16)9(20-28)12(24)19-10-13(25)21-11(15(26)27)6(3-31-14(10)21)5-33(29,30)2-1-8(22)23/h4,10,14,28H,1-3,5H2,(H2,17,18)(H,19,24)(H,22,23)(H,26,27)/b20-9-/t10?,14-/m1/s1. The van der Waals surface area contributed by atoms with Crippen LogP contribution in [0.2, 0.25) is 0 Å². The van der Waals surface area contributed by atoms with Gasteiger partial charge in [0.2, 0.25) is 0 Å². The normalized spacial score (nSPS) is 20.8. The smallest absolute Gasteiger partial charge is 0.352 e. The molecule has 3 heterocycles. The van der Waals surface area contributed by atoms with Crippen LogP contribution in [0.25, 0.3) is 0 Å². The lowest BCUT2D eigenvalue weighted by molar-refractivity contribution is -0.150. The highest BCUT2D eigenvalue weighted by molar-refractivity contribution is 8.00. The molecule has 1 aromatic heterocycles. The average Bonchev–Trinajstić information content (AvgIpc) is 3.16. The van der Waals surface area contributed by atoms with Crippen molar-refractivity contribution in [3.05, 3.63) is 22.3 Å². The van der Waals surface area contributed by atoms with Gasteiger partial charge in [0, 0.05) is 11.1 Å². The van der Waals surface area contributed by atoms with Crippen LogP contribution >= 0.6 is 23.1 Å². The molecule has 3 rings (SSSR count). The maximum atomic E-state index is 12.7. The molecule has 0 spiro atoms. The molecule has 1 unspecified atom stereocenters. The van der Waals surface area contributed by atoms with Gasteiger partial charge in [0.1, 0.15) is 22.8 Å². The van der Waals surface area contributed by atoms with E-state index in [9.17, 15) is 32.7 Å². The first-order valence-corrected chi connectivity index (χ1v) is 12.8. The molecule has 1 aromatic rings. The van der Waals surface area contributed by atoms with Crippen molar-refractivity contribution in [1.82, 2.24) is 15.2 Å². The molecule has 1 saturated heterocycles. The number of carbonyl (C=O) groups excluding carboxylic acids is 2. The topological polar surface area (TPSA) is 230 Å². The number of rotatable bonds is 9. The number of nitrogens with one attached hydrogen (secondary N) is 1. The van der Waals surface area contributed by atoms with Gasteiger partial charge in [-0.25, -0.2) is 18.2 Å². The summed E-state index contributed by atoms with van der Waals surface area (Å²) in [7, 11) is -3.94. The number of anilines is 1. The summed E-state index contributed by atoms with van der Waals surface area (Å²) in [5, 5.41) is 33.4. The van der Waals surface area contributed by atoms with Gasteiger partial charge < -0.3 is 26.5 Å². The van der Waals surface area contributed by atoms with E-state index in [-0.39, 0.29) is 22.2 Å². The molecule has 0 bridgehead atoms. The fourth-order valence-corrected chi connectivity index (χ4v) is 6.62. The fourth-order valence-electron chi connectivity index (χ4n) is 3.19. The molecule has 0 aromatic carbocycles. The lowest BCUT2D eigenvalue weighted by Crippen LogP contribution is -2.71. The zero-order valence-corrected chi connectivity index (χ0v) is 18.9. The summed E-state index contributed by atoms with van der Waals surface area (Å²) in [5.74, 6) is -6.04. The molecular formula is C16H17N5O9S3. The molecule has 0 saturated carbocycles. The first kappa shape index (κ1) is 24.5. The second-order valence-electron chi connectivity index (χ2n) is 6.87. The monoisotopic (exact) mass is 519 g/mol. The molecule has 0 radical (unpaired) electrons. The van der Waals surface area contributed by atoms with Gasteiger partial charge in [0.15, 0.2) is 20.7 Å². The third-order valence-electron chi connectivity index (χ3n) is 4.64. The van der Waals surface area contributed by atoms with E-state index >= 15 is 0 Å². The molecule has 2 aliphatic heterocycles. The number of carboxylic acids is 2. The molecule has 2 amide bonds.